The predicted octanol–water partition coefficient (Wildman–Crippen LogP) is 5.48. The molecule has 2 fully saturated rings. The third-order valence-electron chi connectivity index (χ3n) is 9.17. The normalized spacial score (nSPS) is 19.6. The van der Waals surface area contributed by atoms with Gasteiger partial charge in [-0.2, -0.15) is 0 Å². The first-order chi connectivity index (χ1) is 24.2. The highest BCUT2D eigenvalue weighted by atomic mass is 32.1. The van der Waals surface area contributed by atoms with Gasteiger partial charge >= 0.3 is 6.09 Å². The minimum atomic E-state index is -0.831. The summed E-state index contributed by atoms with van der Waals surface area (Å²) in [5.41, 5.74) is 4.26. The van der Waals surface area contributed by atoms with E-state index in [1.54, 1.807) is 22.3 Å². The fourth-order valence-electron chi connectivity index (χ4n) is 6.49. The highest BCUT2D eigenvalue weighted by molar-refractivity contribution is 7.13. The Balaban J connectivity index is 1.12. The predicted molar refractivity (Wildman–Crippen MR) is 191 cm³/mol. The number of carbonyl (C=O) groups excluding carboxylic acids is 3. The van der Waals surface area contributed by atoms with Gasteiger partial charge in [0, 0.05) is 32.1 Å². The van der Waals surface area contributed by atoms with Gasteiger partial charge in [0.15, 0.2) is 5.76 Å². The van der Waals surface area contributed by atoms with Crippen LogP contribution in [-0.2, 0) is 19.1 Å². The first-order valence-electron chi connectivity index (χ1n) is 17.7. The largest absolute Gasteiger partial charge is 0.473 e. The van der Waals surface area contributed by atoms with Crippen LogP contribution >= 0.6 is 11.3 Å². The molecule has 2 aliphatic heterocycles. The van der Waals surface area contributed by atoms with Crippen molar-refractivity contribution < 1.29 is 38.2 Å². The van der Waals surface area contributed by atoms with Crippen molar-refractivity contribution in [1.82, 2.24) is 25.3 Å². The number of aromatic nitrogens is 2. The Hall–Kier alpha value is -4.01. The van der Waals surface area contributed by atoms with E-state index in [4.69, 9.17) is 18.7 Å². The van der Waals surface area contributed by atoms with Crippen molar-refractivity contribution in [2.45, 2.75) is 104 Å². The molecule has 0 bridgehead atoms. The molecule has 2 aromatic heterocycles. The summed E-state index contributed by atoms with van der Waals surface area (Å²) in [6.45, 7) is 14.9. The molecule has 0 radical (unpaired) electrons. The zero-order valence-electron chi connectivity index (χ0n) is 30.6. The second kappa shape index (κ2) is 16.6. The van der Waals surface area contributed by atoms with Gasteiger partial charge in [0.1, 0.15) is 24.2 Å². The molecule has 51 heavy (non-hydrogen) atoms. The summed E-state index contributed by atoms with van der Waals surface area (Å²) in [6.07, 6.45) is 0.423. The highest BCUT2D eigenvalue weighted by Gasteiger charge is 2.43. The van der Waals surface area contributed by atoms with Gasteiger partial charge in [-0.1, -0.05) is 38.1 Å². The Kier molecular flexibility index (Phi) is 12.4. The molecular formula is C37H51N5O8S. The van der Waals surface area contributed by atoms with E-state index in [1.807, 2.05) is 78.2 Å². The second-order valence-corrected chi connectivity index (χ2v) is 15.5. The monoisotopic (exact) mass is 725 g/mol. The molecule has 14 heteroatoms. The fraction of sp³-hybridized carbons (Fsp3) is 0.595. The number of ether oxygens (including phenoxy) is 3. The number of aliphatic hydroxyl groups excluding tert-OH is 1. The molecule has 0 spiro atoms. The SMILES string of the molecule is Cc1ncsc1-c1ccc([C@H](C)NC(=O)C2C[C@@H](O)CN2C(=O)C(c2cc(OCCOC3CCN(C(=O)OC(C)(C)C)CC3)no2)C(C)C)cc1. The first kappa shape index (κ1) is 38.2. The lowest BCUT2D eigenvalue weighted by Gasteiger charge is -2.33. The molecule has 278 valence electrons. The average molecular weight is 726 g/mol. The molecule has 4 atom stereocenters. The van der Waals surface area contributed by atoms with Gasteiger partial charge in [0.2, 0.25) is 11.8 Å². The molecule has 0 aliphatic carbocycles. The smallest absolute Gasteiger partial charge is 0.410 e. The average Bonchev–Trinajstić information content (AvgIpc) is 3.82. The number of rotatable bonds is 12. The van der Waals surface area contributed by atoms with E-state index in [1.165, 1.54) is 4.90 Å². The molecule has 3 amide bonds. The molecule has 0 saturated carbocycles. The topological polar surface area (TPSA) is 157 Å². The van der Waals surface area contributed by atoms with E-state index in [-0.39, 0.29) is 61.4 Å². The lowest BCUT2D eigenvalue weighted by molar-refractivity contribution is -0.141. The van der Waals surface area contributed by atoms with E-state index in [2.05, 4.69) is 15.5 Å². The maximum Gasteiger partial charge on any atom is 0.410 e. The standard InChI is InChI=1S/C37H51N5O8S/c1-22(2)32(30-19-31(40-50-30)48-17-16-47-28-12-14-41(15-13-28)36(46)49-37(5,6)7)35(45)42-20-27(43)18-29(42)34(44)39-23(3)25-8-10-26(11-9-25)33-24(4)38-21-51-33/h8-11,19,21-23,27-29,32,43H,12-18,20H2,1-7H3,(H,39,44)/t23-,27+,29?,32?/m0/s1. The summed E-state index contributed by atoms with van der Waals surface area (Å²) in [7, 11) is 0. The molecule has 4 heterocycles. The number of hydrogen-bond acceptors (Lipinski definition) is 11. The lowest BCUT2D eigenvalue weighted by atomic mass is 9.91. The second-order valence-electron chi connectivity index (χ2n) is 14.7. The molecular weight excluding hydrogens is 675 g/mol. The summed E-state index contributed by atoms with van der Waals surface area (Å²) in [5, 5.41) is 17.7. The van der Waals surface area contributed by atoms with Gasteiger partial charge in [0.25, 0.3) is 5.88 Å². The van der Waals surface area contributed by atoms with Crippen molar-refractivity contribution in [1.29, 1.82) is 0 Å². The number of carbonyl (C=O) groups is 3. The third kappa shape index (κ3) is 9.86. The van der Waals surface area contributed by atoms with Gasteiger partial charge in [-0.15, -0.1) is 11.3 Å². The van der Waals surface area contributed by atoms with E-state index < -0.39 is 23.7 Å². The number of amides is 3. The lowest BCUT2D eigenvalue weighted by Crippen LogP contribution is -2.48. The van der Waals surface area contributed by atoms with Gasteiger partial charge in [-0.3, -0.25) is 9.59 Å². The molecule has 5 rings (SSSR count). The van der Waals surface area contributed by atoms with Crippen LogP contribution in [0.1, 0.15) is 89.8 Å². The van der Waals surface area contributed by atoms with Crippen molar-refractivity contribution in [2.24, 2.45) is 5.92 Å². The van der Waals surface area contributed by atoms with Crippen molar-refractivity contribution in [3.8, 4) is 16.3 Å². The van der Waals surface area contributed by atoms with Crippen molar-refractivity contribution in [2.75, 3.05) is 32.8 Å². The van der Waals surface area contributed by atoms with Gasteiger partial charge < -0.3 is 39.0 Å². The zero-order valence-corrected chi connectivity index (χ0v) is 31.4. The Morgan fingerprint density at radius 2 is 1.80 bits per heavy atom. The molecule has 2 N–H and O–H groups in total. The Bertz CT molecular complexity index is 1630. The molecule has 13 nitrogen and oxygen atoms in total. The van der Waals surface area contributed by atoms with Crippen molar-refractivity contribution in [3.63, 3.8) is 0 Å². The number of nitrogens with zero attached hydrogens (tertiary/aromatic N) is 4. The molecule has 1 aromatic carbocycles. The molecule has 2 unspecified atom stereocenters. The van der Waals surface area contributed by atoms with Gasteiger partial charge in [-0.25, -0.2) is 9.78 Å². The van der Waals surface area contributed by atoms with Crippen molar-refractivity contribution >= 4 is 29.2 Å². The Morgan fingerprint density at radius 3 is 2.43 bits per heavy atom. The Morgan fingerprint density at radius 1 is 1.10 bits per heavy atom. The maximum atomic E-state index is 14.0. The number of β-amino-alcohol motifs (C(OH)–C–C–N with tert-alkyl or cyclic N) is 1. The quantitative estimate of drug-likeness (QED) is 0.229. The van der Waals surface area contributed by atoms with Crippen LogP contribution in [-0.4, -0.2) is 99.7 Å². The number of nitrogens with one attached hydrogen (secondary N) is 1. The maximum absolute atomic E-state index is 14.0. The summed E-state index contributed by atoms with van der Waals surface area (Å²) >= 11 is 1.59. The summed E-state index contributed by atoms with van der Waals surface area (Å²) in [6, 6.07) is 8.45. The van der Waals surface area contributed by atoms with E-state index in [9.17, 15) is 19.5 Å². The van der Waals surface area contributed by atoms with Crippen LogP contribution in [0.3, 0.4) is 0 Å². The fourth-order valence-corrected chi connectivity index (χ4v) is 7.31. The van der Waals surface area contributed by atoms with Crippen LogP contribution in [0.15, 0.2) is 40.4 Å². The van der Waals surface area contributed by atoms with Gasteiger partial charge in [-0.05, 0) is 69.7 Å². The number of hydrogen-bond donors (Lipinski definition) is 2. The van der Waals surface area contributed by atoms with E-state index in [0.29, 0.717) is 38.3 Å². The summed E-state index contributed by atoms with van der Waals surface area (Å²) in [5.74, 6) is -1.01. The number of aliphatic hydroxyl groups is 1. The number of thiazole rings is 1. The van der Waals surface area contributed by atoms with Crippen LogP contribution in [0.4, 0.5) is 4.79 Å². The number of piperidine rings is 1. The molecule has 2 saturated heterocycles. The summed E-state index contributed by atoms with van der Waals surface area (Å²) < 4.78 is 22.8. The number of likely N-dealkylation sites (tertiary alicyclic amines) is 2. The third-order valence-corrected chi connectivity index (χ3v) is 10.1. The zero-order chi connectivity index (χ0) is 36.9. The van der Waals surface area contributed by atoms with Crippen LogP contribution in [0, 0.1) is 12.8 Å². The van der Waals surface area contributed by atoms with E-state index in [0.717, 1.165) is 21.7 Å². The minimum Gasteiger partial charge on any atom is -0.473 e. The van der Waals surface area contributed by atoms with Crippen LogP contribution in [0.2, 0.25) is 0 Å². The Labute approximate surface area is 303 Å². The van der Waals surface area contributed by atoms with Crippen molar-refractivity contribution in [3.05, 3.63) is 52.9 Å². The first-order valence-corrected chi connectivity index (χ1v) is 18.6. The van der Waals surface area contributed by atoms with E-state index >= 15 is 0 Å². The van der Waals surface area contributed by atoms with Crippen LogP contribution in [0.5, 0.6) is 5.88 Å². The van der Waals surface area contributed by atoms with Crippen LogP contribution in [0.25, 0.3) is 10.4 Å². The van der Waals surface area contributed by atoms with Crippen LogP contribution < -0.4 is 10.1 Å². The number of benzene rings is 1. The number of aryl methyl sites for hydroxylation is 1. The highest BCUT2D eigenvalue weighted by Crippen LogP contribution is 2.33. The van der Waals surface area contributed by atoms with Gasteiger partial charge in [0.05, 0.1) is 40.9 Å². The molecule has 2 aliphatic rings. The molecule has 3 aromatic rings. The summed E-state index contributed by atoms with van der Waals surface area (Å²) in [4.78, 5) is 48.5. The minimum absolute atomic E-state index is 0.00565.